The molecule has 1 amide bonds. The van der Waals surface area contributed by atoms with Gasteiger partial charge in [0.25, 0.3) is 5.91 Å². The number of nitrogens with zero attached hydrogens (tertiary/aromatic N) is 3. The average Bonchev–Trinajstić information content (AvgIpc) is 3.17. The highest BCUT2D eigenvalue weighted by molar-refractivity contribution is 5.94. The summed E-state index contributed by atoms with van der Waals surface area (Å²) in [5.74, 6) is 0.994. The van der Waals surface area contributed by atoms with E-state index in [0.29, 0.717) is 18.9 Å². The number of para-hydroxylation sites is 1. The highest BCUT2D eigenvalue weighted by Crippen LogP contribution is 2.22. The van der Waals surface area contributed by atoms with Crippen molar-refractivity contribution in [1.29, 1.82) is 0 Å². The van der Waals surface area contributed by atoms with Gasteiger partial charge in [-0.25, -0.2) is 4.68 Å². The van der Waals surface area contributed by atoms with Gasteiger partial charge in [-0.3, -0.25) is 4.79 Å². The molecule has 28 heavy (non-hydrogen) atoms. The molecule has 0 aliphatic rings. The molecule has 1 aromatic heterocycles. The number of aromatic nitrogens is 2. The summed E-state index contributed by atoms with van der Waals surface area (Å²) in [6.07, 6.45) is 3.41. The van der Waals surface area contributed by atoms with Crippen LogP contribution in [-0.2, 0) is 6.54 Å². The summed E-state index contributed by atoms with van der Waals surface area (Å²) in [7, 11) is 3.27. The molecule has 0 saturated heterocycles. The standard InChI is InChI=1S/C22H23N3O3/c1-4-14-28-19-12-10-17(11-13-19)15-24(2)22(26)21-20(27-3)16-25(23-21)18-8-6-5-7-9-18/h4-13,16H,1,14-15H2,2-3H3. The lowest BCUT2D eigenvalue weighted by Crippen LogP contribution is -2.27. The molecule has 0 unspecified atom stereocenters. The van der Waals surface area contributed by atoms with Gasteiger partial charge in [0.2, 0.25) is 0 Å². The zero-order valence-electron chi connectivity index (χ0n) is 16.0. The Morgan fingerprint density at radius 3 is 2.54 bits per heavy atom. The van der Waals surface area contributed by atoms with Crippen molar-refractivity contribution in [2.24, 2.45) is 0 Å². The molecule has 0 aliphatic heterocycles. The molecular formula is C22H23N3O3. The van der Waals surface area contributed by atoms with E-state index in [0.717, 1.165) is 17.0 Å². The van der Waals surface area contributed by atoms with E-state index in [1.54, 1.807) is 28.9 Å². The number of hydrogen-bond donors (Lipinski definition) is 0. The summed E-state index contributed by atoms with van der Waals surface area (Å²) >= 11 is 0. The lowest BCUT2D eigenvalue weighted by Gasteiger charge is -2.17. The third-order valence-corrected chi connectivity index (χ3v) is 4.18. The molecule has 144 valence electrons. The van der Waals surface area contributed by atoms with Crippen molar-refractivity contribution in [3.8, 4) is 17.2 Å². The van der Waals surface area contributed by atoms with Crippen LogP contribution in [0.5, 0.6) is 11.5 Å². The Labute approximate surface area is 164 Å². The molecule has 0 N–H and O–H groups in total. The van der Waals surface area contributed by atoms with Gasteiger partial charge in [0, 0.05) is 13.6 Å². The number of hydrogen-bond acceptors (Lipinski definition) is 4. The third kappa shape index (κ3) is 4.40. The molecule has 1 heterocycles. The minimum atomic E-state index is -0.210. The first-order valence-electron chi connectivity index (χ1n) is 8.89. The molecule has 0 fully saturated rings. The molecule has 3 aromatic rings. The number of carbonyl (C=O) groups excluding carboxylic acids is 1. The molecule has 3 rings (SSSR count). The lowest BCUT2D eigenvalue weighted by molar-refractivity contribution is 0.0775. The Hall–Kier alpha value is -3.54. The maximum absolute atomic E-state index is 12.9. The fourth-order valence-electron chi connectivity index (χ4n) is 2.74. The highest BCUT2D eigenvalue weighted by Gasteiger charge is 2.22. The SMILES string of the molecule is C=CCOc1ccc(CN(C)C(=O)c2nn(-c3ccccc3)cc2OC)cc1. The van der Waals surface area contributed by atoms with E-state index in [-0.39, 0.29) is 11.6 Å². The number of benzene rings is 2. The van der Waals surface area contributed by atoms with Crippen molar-refractivity contribution >= 4 is 5.91 Å². The Balaban J connectivity index is 1.74. The lowest BCUT2D eigenvalue weighted by atomic mass is 10.2. The van der Waals surface area contributed by atoms with Crippen molar-refractivity contribution in [1.82, 2.24) is 14.7 Å². The van der Waals surface area contributed by atoms with Gasteiger partial charge in [-0.1, -0.05) is 43.0 Å². The highest BCUT2D eigenvalue weighted by atomic mass is 16.5. The van der Waals surface area contributed by atoms with Crippen LogP contribution in [0.2, 0.25) is 0 Å². The van der Waals surface area contributed by atoms with Crippen molar-refractivity contribution in [2.45, 2.75) is 6.54 Å². The minimum Gasteiger partial charge on any atom is -0.493 e. The normalized spacial score (nSPS) is 10.4. The van der Waals surface area contributed by atoms with E-state index in [4.69, 9.17) is 9.47 Å². The van der Waals surface area contributed by atoms with Gasteiger partial charge in [0.05, 0.1) is 19.0 Å². The fraction of sp³-hybridized carbons (Fsp3) is 0.182. The predicted octanol–water partition coefficient (Wildman–Crippen LogP) is 3.72. The molecule has 0 saturated carbocycles. The van der Waals surface area contributed by atoms with E-state index in [9.17, 15) is 4.79 Å². The second kappa shape index (κ2) is 8.90. The molecule has 0 spiro atoms. The van der Waals surface area contributed by atoms with Crippen LogP contribution < -0.4 is 9.47 Å². The van der Waals surface area contributed by atoms with Gasteiger partial charge < -0.3 is 14.4 Å². The van der Waals surface area contributed by atoms with Gasteiger partial charge in [-0.05, 0) is 29.8 Å². The molecule has 6 nitrogen and oxygen atoms in total. The first-order valence-corrected chi connectivity index (χ1v) is 8.89. The van der Waals surface area contributed by atoms with E-state index in [1.165, 1.54) is 7.11 Å². The average molecular weight is 377 g/mol. The molecule has 2 aromatic carbocycles. The molecule has 0 radical (unpaired) electrons. The molecule has 0 bridgehead atoms. The van der Waals surface area contributed by atoms with Crippen LogP contribution in [0, 0.1) is 0 Å². The van der Waals surface area contributed by atoms with E-state index in [1.807, 2.05) is 54.6 Å². The van der Waals surface area contributed by atoms with Crippen molar-refractivity contribution in [2.75, 3.05) is 20.8 Å². The van der Waals surface area contributed by atoms with E-state index < -0.39 is 0 Å². The van der Waals surface area contributed by atoms with E-state index >= 15 is 0 Å². The number of ether oxygens (including phenoxy) is 2. The predicted molar refractivity (Wildman–Crippen MR) is 108 cm³/mol. The van der Waals surface area contributed by atoms with Gasteiger partial charge >= 0.3 is 0 Å². The number of carbonyl (C=O) groups is 1. The van der Waals surface area contributed by atoms with Crippen LogP contribution in [0.3, 0.4) is 0 Å². The van der Waals surface area contributed by atoms with Crippen LogP contribution in [0.15, 0.2) is 73.4 Å². The molecular weight excluding hydrogens is 354 g/mol. The van der Waals surface area contributed by atoms with Gasteiger partial charge in [0.15, 0.2) is 11.4 Å². The van der Waals surface area contributed by atoms with Crippen LogP contribution in [0.1, 0.15) is 16.1 Å². The smallest absolute Gasteiger partial charge is 0.278 e. The summed E-state index contributed by atoms with van der Waals surface area (Å²) in [4.78, 5) is 14.5. The van der Waals surface area contributed by atoms with Crippen LogP contribution >= 0.6 is 0 Å². The topological polar surface area (TPSA) is 56.6 Å². The summed E-state index contributed by atoms with van der Waals surface area (Å²) in [6, 6.07) is 17.2. The summed E-state index contributed by atoms with van der Waals surface area (Å²) in [6.45, 7) is 4.54. The minimum absolute atomic E-state index is 0.210. The summed E-state index contributed by atoms with van der Waals surface area (Å²) in [5.41, 5.74) is 2.13. The van der Waals surface area contributed by atoms with Gasteiger partial charge in [-0.15, -0.1) is 0 Å². The van der Waals surface area contributed by atoms with Crippen LogP contribution in [0.25, 0.3) is 5.69 Å². The fourth-order valence-corrected chi connectivity index (χ4v) is 2.74. The Bertz CT molecular complexity index is 933. The largest absolute Gasteiger partial charge is 0.493 e. The zero-order chi connectivity index (χ0) is 19.9. The Kier molecular flexibility index (Phi) is 6.11. The van der Waals surface area contributed by atoms with Crippen LogP contribution in [-0.4, -0.2) is 41.4 Å². The molecule has 0 aliphatic carbocycles. The third-order valence-electron chi connectivity index (χ3n) is 4.18. The van der Waals surface area contributed by atoms with E-state index in [2.05, 4.69) is 11.7 Å². The van der Waals surface area contributed by atoms with Crippen molar-refractivity contribution in [3.05, 3.63) is 84.7 Å². The Morgan fingerprint density at radius 2 is 1.89 bits per heavy atom. The quantitative estimate of drug-likeness (QED) is 0.562. The van der Waals surface area contributed by atoms with Crippen molar-refractivity contribution in [3.63, 3.8) is 0 Å². The first-order chi connectivity index (χ1) is 13.6. The van der Waals surface area contributed by atoms with Gasteiger partial charge in [-0.2, -0.15) is 5.10 Å². The first kappa shape index (κ1) is 19.2. The second-order valence-electron chi connectivity index (χ2n) is 6.23. The summed E-state index contributed by atoms with van der Waals surface area (Å²) in [5, 5.41) is 4.43. The number of methoxy groups -OCH3 is 1. The maximum atomic E-state index is 12.9. The molecule has 0 atom stereocenters. The monoisotopic (exact) mass is 377 g/mol. The molecule has 6 heteroatoms. The Morgan fingerprint density at radius 1 is 1.18 bits per heavy atom. The second-order valence-corrected chi connectivity index (χ2v) is 6.23. The van der Waals surface area contributed by atoms with Crippen molar-refractivity contribution < 1.29 is 14.3 Å². The number of rotatable bonds is 8. The van der Waals surface area contributed by atoms with Gasteiger partial charge in [0.1, 0.15) is 12.4 Å². The summed E-state index contributed by atoms with van der Waals surface area (Å²) < 4.78 is 12.5. The number of amides is 1. The van der Waals surface area contributed by atoms with Crippen LogP contribution in [0.4, 0.5) is 0 Å². The maximum Gasteiger partial charge on any atom is 0.278 e. The zero-order valence-corrected chi connectivity index (χ0v) is 16.0.